The molecule has 2 amide bonds. The molecule has 1 spiro atoms. The number of aromatic nitrogens is 4. The highest BCUT2D eigenvalue weighted by atomic mass is 35.5. The highest BCUT2D eigenvalue weighted by Crippen LogP contribution is 2.50. The van der Waals surface area contributed by atoms with Crippen molar-refractivity contribution in [2.24, 2.45) is 19.5 Å². The van der Waals surface area contributed by atoms with Gasteiger partial charge < -0.3 is 15.0 Å². The summed E-state index contributed by atoms with van der Waals surface area (Å²) >= 11 is 13.9. The lowest BCUT2D eigenvalue weighted by Crippen LogP contribution is -2.72. The number of nitrogens with zero attached hydrogens (tertiary/aromatic N) is 6. The molecule has 12 nitrogen and oxygen atoms in total. The summed E-state index contributed by atoms with van der Waals surface area (Å²) in [6.07, 6.45) is 1.85. The number of ether oxygens (including phenoxy) is 1. The molecule has 48 heavy (non-hydrogen) atoms. The van der Waals surface area contributed by atoms with E-state index in [9.17, 15) is 19.2 Å². The summed E-state index contributed by atoms with van der Waals surface area (Å²) in [6, 6.07) is 13.0. The minimum absolute atomic E-state index is 0.136. The molecule has 7 rings (SSSR count). The lowest BCUT2D eigenvalue weighted by atomic mass is 9.72. The first kappa shape index (κ1) is 32.0. The van der Waals surface area contributed by atoms with Crippen molar-refractivity contribution < 1.29 is 14.3 Å². The van der Waals surface area contributed by atoms with Gasteiger partial charge in [-0.05, 0) is 30.5 Å². The smallest absolute Gasteiger partial charge is 0.346 e. The lowest BCUT2D eigenvalue weighted by molar-refractivity contribution is -0.161. The van der Waals surface area contributed by atoms with Gasteiger partial charge in [-0.2, -0.15) is 5.10 Å². The number of halogens is 2. The number of nitrogens with one attached hydrogen (secondary N) is 1. The van der Waals surface area contributed by atoms with Gasteiger partial charge in [-0.3, -0.25) is 23.9 Å². The monoisotopic (exact) mass is 689 g/mol. The quantitative estimate of drug-likeness (QED) is 0.322. The first-order valence-corrected chi connectivity index (χ1v) is 16.3. The molecule has 248 valence electrons. The fourth-order valence-electron chi connectivity index (χ4n) is 7.26. The van der Waals surface area contributed by atoms with Gasteiger partial charge >= 0.3 is 5.69 Å². The van der Waals surface area contributed by atoms with Crippen molar-refractivity contribution in [3.63, 3.8) is 0 Å². The van der Waals surface area contributed by atoms with Gasteiger partial charge in [0, 0.05) is 80.9 Å². The zero-order valence-corrected chi connectivity index (χ0v) is 28.4. The zero-order chi connectivity index (χ0) is 34.1. The predicted octanol–water partition coefficient (Wildman–Crippen LogP) is 3.93. The minimum Gasteiger partial charge on any atom is -0.481 e. The maximum Gasteiger partial charge on any atom is 0.346 e. The van der Waals surface area contributed by atoms with E-state index in [0.717, 1.165) is 53.8 Å². The standard InChI is InChI=1S/C34H33Cl2N7O5/c1-18(44)42-14-34(15-42)16-43(17-34)25-12-11-19-13-24(38-31(48-4)26(19)25)22-9-5-7-20(27(22)35)21-8-6-10-23(28(21)36)37-30(45)29-32(46)40(2)33(47)41(3)39-29/h5-10,13,25H,11-12,14-17H2,1-4H3,(H,37,45). The first-order valence-electron chi connectivity index (χ1n) is 15.5. The van der Waals surface area contributed by atoms with Crippen molar-refractivity contribution in [1.29, 1.82) is 0 Å². The third-order valence-corrected chi connectivity index (χ3v) is 10.5. The molecule has 1 atom stereocenters. The Kier molecular flexibility index (Phi) is 7.92. The molecule has 2 saturated heterocycles. The SMILES string of the molecule is COc1nc(-c2cccc(-c3cccc(NC(=O)c4nn(C)c(=O)n(C)c4=O)c3Cl)c2Cl)cc2c1C(N1CC3(CN(C(C)=O)C3)C1)CC2. The number of anilines is 1. The van der Waals surface area contributed by atoms with Gasteiger partial charge in [0.25, 0.3) is 11.5 Å². The van der Waals surface area contributed by atoms with Crippen LogP contribution >= 0.6 is 23.2 Å². The van der Waals surface area contributed by atoms with Crippen LogP contribution in [0.1, 0.15) is 41.0 Å². The summed E-state index contributed by atoms with van der Waals surface area (Å²) in [7, 11) is 4.26. The van der Waals surface area contributed by atoms with E-state index in [2.05, 4.69) is 21.4 Å². The van der Waals surface area contributed by atoms with Crippen molar-refractivity contribution in [2.75, 3.05) is 38.6 Å². The Morgan fingerprint density at radius 1 is 0.979 bits per heavy atom. The minimum atomic E-state index is -0.824. The number of amides is 2. The largest absolute Gasteiger partial charge is 0.481 e. The Bertz CT molecular complexity index is 2130. The van der Waals surface area contributed by atoms with Crippen molar-refractivity contribution in [3.8, 4) is 28.3 Å². The van der Waals surface area contributed by atoms with E-state index in [1.807, 2.05) is 23.1 Å². The van der Waals surface area contributed by atoms with E-state index in [1.54, 1.807) is 32.2 Å². The van der Waals surface area contributed by atoms with Crippen LogP contribution in [-0.2, 0) is 25.3 Å². The van der Waals surface area contributed by atoms with Gasteiger partial charge in [-0.15, -0.1) is 0 Å². The third kappa shape index (κ3) is 5.19. The van der Waals surface area contributed by atoms with Gasteiger partial charge in [0.2, 0.25) is 17.5 Å². The summed E-state index contributed by atoms with van der Waals surface area (Å²) < 4.78 is 7.59. The van der Waals surface area contributed by atoms with E-state index in [0.29, 0.717) is 33.3 Å². The molecule has 14 heteroatoms. The molecule has 0 bridgehead atoms. The topological polar surface area (TPSA) is 132 Å². The Hall–Kier alpha value is -4.52. The second kappa shape index (κ2) is 11.9. The Morgan fingerprint density at radius 3 is 2.33 bits per heavy atom. The molecule has 0 saturated carbocycles. The van der Waals surface area contributed by atoms with Gasteiger partial charge in [0.1, 0.15) is 0 Å². The molecule has 1 aliphatic carbocycles. The molecule has 0 radical (unpaired) electrons. The van der Waals surface area contributed by atoms with E-state index in [-0.39, 0.29) is 28.1 Å². The number of carbonyl (C=O) groups is 2. The number of likely N-dealkylation sites (tertiary alicyclic amines) is 2. The molecule has 2 aromatic carbocycles. The number of hydrogen-bond donors (Lipinski definition) is 1. The second-order valence-electron chi connectivity index (χ2n) is 12.8. The second-order valence-corrected chi connectivity index (χ2v) is 13.6. The number of aryl methyl sites for hydroxylation is 2. The molecule has 2 aliphatic heterocycles. The van der Waals surface area contributed by atoms with E-state index >= 15 is 0 Å². The van der Waals surface area contributed by atoms with Crippen LogP contribution in [-0.4, -0.2) is 74.2 Å². The zero-order valence-electron chi connectivity index (χ0n) is 26.8. The van der Waals surface area contributed by atoms with Crippen molar-refractivity contribution >= 4 is 40.7 Å². The molecule has 1 unspecified atom stereocenters. The van der Waals surface area contributed by atoms with Crippen LogP contribution in [0.3, 0.4) is 0 Å². The number of carbonyl (C=O) groups excluding carboxylic acids is 2. The summed E-state index contributed by atoms with van der Waals surface area (Å²) in [5, 5.41) is 7.12. The van der Waals surface area contributed by atoms with E-state index in [1.165, 1.54) is 19.7 Å². The number of methoxy groups -OCH3 is 1. The molecule has 2 aromatic heterocycles. The van der Waals surface area contributed by atoms with Gasteiger partial charge in [0.15, 0.2) is 0 Å². The highest BCUT2D eigenvalue weighted by Gasteiger charge is 2.55. The van der Waals surface area contributed by atoms with Gasteiger partial charge in [0.05, 0.1) is 28.5 Å². The summed E-state index contributed by atoms with van der Waals surface area (Å²) in [4.78, 5) is 58.7. The van der Waals surface area contributed by atoms with Gasteiger partial charge in [-0.1, -0.05) is 53.5 Å². The molecule has 2 fully saturated rings. The molecule has 1 N–H and O–H groups in total. The average Bonchev–Trinajstić information content (AvgIpc) is 3.45. The van der Waals surface area contributed by atoms with Crippen LogP contribution in [0.4, 0.5) is 5.69 Å². The maximum absolute atomic E-state index is 13.1. The van der Waals surface area contributed by atoms with Crippen molar-refractivity contribution in [2.45, 2.75) is 25.8 Å². The number of fused-ring (bicyclic) bond motifs is 1. The van der Waals surface area contributed by atoms with E-state index in [4.69, 9.17) is 32.9 Å². The number of pyridine rings is 1. The van der Waals surface area contributed by atoms with Crippen LogP contribution in [0.2, 0.25) is 10.0 Å². The van der Waals surface area contributed by atoms with Crippen LogP contribution in [0.25, 0.3) is 22.4 Å². The molecular weight excluding hydrogens is 657 g/mol. The van der Waals surface area contributed by atoms with E-state index < -0.39 is 22.9 Å². The van der Waals surface area contributed by atoms with Crippen LogP contribution in [0, 0.1) is 5.41 Å². The number of hydrogen-bond acceptors (Lipinski definition) is 8. The summed E-state index contributed by atoms with van der Waals surface area (Å²) in [6.45, 7) is 5.19. The lowest BCUT2D eigenvalue weighted by Gasteiger charge is -2.61. The summed E-state index contributed by atoms with van der Waals surface area (Å²) in [5.41, 5.74) is 3.36. The Morgan fingerprint density at radius 2 is 1.65 bits per heavy atom. The van der Waals surface area contributed by atoms with Gasteiger partial charge in [-0.25, -0.2) is 14.5 Å². The summed E-state index contributed by atoms with van der Waals surface area (Å²) in [5.74, 6) is -0.0961. The van der Waals surface area contributed by atoms with Crippen molar-refractivity contribution in [3.05, 3.63) is 90.2 Å². The van der Waals surface area contributed by atoms with Crippen LogP contribution < -0.4 is 21.3 Å². The fraction of sp³-hybridized carbons (Fsp3) is 0.353. The molecule has 4 aromatic rings. The number of rotatable bonds is 6. The predicted molar refractivity (Wildman–Crippen MR) is 182 cm³/mol. The Labute approximate surface area is 285 Å². The fourth-order valence-corrected chi connectivity index (χ4v) is 7.86. The third-order valence-electron chi connectivity index (χ3n) is 9.69. The number of benzene rings is 2. The molecule has 3 aliphatic rings. The highest BCUT2D eigenvalue weighted by molar-refractivity contribution is 6.39. The van der Waals surface area contributed by atoms with Crippen LogP contribution in [0.5, 0.6) is 5.88 Å². The molecular formula is C34H33Cl2N7O5. The maximum atomic E-state index is 13.1. The van der Waals surface area contributed by atoms with Crippen LogP contribution in [0.15, 0.2) is 52.1 Å². The first-order chi connectivity index (χ1) is 22.9. The molecule has 4 heterocycles. The normalized spacial score (nSPS) is 17.9. The Balaban J connectivity index is 1.16. The average molecular weight is 691 g/mol. The van der Waals surface area contributed by atoms with Crippen molar-refractivity contribution in [1.82, 2.24) is 29.1 Å².